The highest BCUT2D eigenvalue weighted by atomic mass is 35.5. The van der Waals surface area contributed by atoms with E-state index in [2.05, 4.69) is 4.98 Å². The highest BCUT2D eigenvalue weighted by Gasteiger charge is 2.18. The third-order valence-corrected chi connectivity index (χ3v) is 3.52. The lowest BCUT2D eigenvalue weighted by Crippen LogP contribution is -1.86. The lowest BCUT2D eigenvalue weighted by Gasteiger charge is -2.00. The maximum Gasteiger partial charge on any atom is 0.133 e. The van der Waals surface area contributed by atoms with Gasteiger partial charge in [0.25, 0.3) is 0 Å². The third kappa shape index (κ3) is 1.24. The molecule has 0 aliphatic carbocycles. The van der Waals surface area contributed by atoms with E-state index in [1.165, 1.54) is 0 Å². The van der Waals surface area contributed by atoms with Gasteiger partial charge in [0.15, 0.2) is 0 Å². The Morgan fingerprint density at radius 1 is 1.45 bits per heavy atom. The summed E-state index contributed by atoms with van der Waals surface area (Å²) in [4.78, 5) is 5.09. The molecule has 0 unspecified atom stereocenters. The van der Waals surface area contributed by atoms with Crippen molar-refractivity contribution >= 4 is 35.0 Å². The van der Waals surface area contributed by atoms with Gasteiger partial charge in [-0.05, 0) is 6.42 Å². The summed E-state index contributed by atoms with van der Waals surface area (Å²) < 4.78 is 0. The summed E-state index contributed by atoms with van der Waals surface area (Å²) in [5.74, 6) is 1.07. The average molecular weight is 206 g/mol. The van der Waals surface area contributed by atoms with Crippen molar-refractivity contribution in [3.8, 4) is 0 Å². The fourth-order valence-electron chi connectivity index (χ4n) is 1.12. The summed E-state index contributed by atoms with van der Waals surface area (Å²) in [6.45, 7) is 0. The monoisotopic (exact) mass is 205 g/mol. The Morgan fingerprint density at radius 2 is 2.27 bits per heavy atom. The van der Waals surface area contributed by atoms with Gasteiger partial charge in [0, 0.05) is 22.4 Å². The minimum Gasteiger partial charge on any atom is -0.243 e. The first-order valence-electron chi connectivity index (χ1n) is 3.24. The highest BCUT2D eigenvalue weighted by molar-refractivity contribution is 7.99. The number of hydrogen-bond donors (Lipinski definition) is 0. The van der Waals surface area contributed by atoms with Gasteiger partial charge in [-0.2, -0.15) is 0 Å². The van der Waals surface area contributed by atoms with Crippen LogP contribution < -0.4 is 0 Å². The van der Waals surface area contributed by atoms with Crippen LogP contribution in [0.4, 0.5) is 0 Å². The largest absolute Gasteiger partial charge is 0.243 e. The van der Waals surface area contributed by atoms with Crippen LogP contribution in [0.25, 0.3) is 0 Å². The molecule has 0 fully saturated rings. The molecule has 1 nitrogen and oxygen atoms in total. The molecule has 1 aliphatic heterocycles. The molecule has 1 aromatic rings. The van der Waals surface area contributed by atoms with E-state index >= 15 is 0 Å². The van der Waals surface area contributed by atoms with Gasteiger partial charge in [0.05, 0.1) is 5.02 Å². The molecule has 4 heteroatoms. The molecule has 58 valence electrons. The highest BCUT2D eigenvalue weighted by Crippen LogP contribution is 2.39. The molecule has 1 aliphatic rings. The van der Waals surface area contributed by atoms with Gasteiger partial charge in [-0.3, -0.25) is 0 Å². The molecule has 2 heterocycles. The second-order valence-corrected chi connectivity index (χ2v) is 4.17. The first-order chi connectivity index (χ1) is 5.29. The van der Waals surface area contributed by atoms with Gasteiger partial charge >= 0.3 is 0 Å². The lowest BCUT2D eigenvalue weighted by atomic mass is 10.2. The number of hydrogen-bond acceptors (Lipinski definition) is 2. The van der Waals surface area contributed by atoms with Crippen LogP contribution in [-0.4, -0.2) is 10.7 Å². The van der Waals surface area contributed by atoms with Crippen LogP contribution in [0.15, 0.2) is 11.1 Å². The van der Waals surface area contributed by atoms with Gasteiger partial charge in [-0.25, -0.2) is 4.98 Å². The van der Waals surface area contributed by atoms with Crippen LogP contribution >= 0.6 is 35.0 Å². The van der Waals surface area contributed by atoms with Gasteiger partial charge in [0.2, 0.25) is 0 Å². The summed E-state index contributed by atoms with van der Waals surface area (Å²) >= 11 is 13.5. The van der Waals surface area contributed by atoms with Crippen LogP contribution in [0.2, 0.25) is 10.2 Å². The lowest BCUT2D eigenvalue weighted by molar-refractivity contribution is 1.10. The van der Waals surface area contributed by atoms with Crippen molar-refractivity contribution in [2.75, 3.05) is 5.75 Å². The van der Waals surface area contributed by atoms with Crippen molar-refractivity contribution in [2.45, 2.75) is 11.3 Å². The van der Waals surface area contributed by atoms with Crippen molar-refractivity contribution in [1.29, 1.82) is 0 Å². The average Bonchev–Trinajstić information content (AvgIpc) is 2.45. The van der Waals surface area contributed by atoms with E-state index in [0.29, 0.717) is 5.15 Å². The van der Waals surface area contributed by atoms with Crippen molar-refractivity contribution in [1.82, 2.24) is 4.98 Å². The summed E-state index contributed by atoms with van der Waals surface area (Å²) in [6.07, 6.45) is 2.60. The van der Waals surface area contributed by atoms with Crippen LogP contribution in [0.3, 0.4) is 0 Å². The number of rotatable bonds is 0. The Hall–Kier alpha value is 0.0800. The minimum atomic E-state index is 0.606. The molecule has 1 aromatic heterocycles. The normalized spacial score (nSPS) is 15.1. The molecule has 0 atom stereocenters. The molecule has 0 radical (unpaired) electrons. The fraction of sp³-hybridized carbons (Fsp3) is 0.286. The van der Waals surface area contributed by atoms with E-state index in [4.69, 9.17) is 23.2 Å². The minimum absolute atomic E-state index is 0.606. The zero-order valence-corrected chi connectivity index (χ0v) is 7.93. The van der Waals surface area contributed by atoms with Crippen LogP contribution in [-0.2, 0) is 6.42 Å². The second-order valence-electron chi connectivity index (χ2n) is 2.30. The van der Waals surface area contributed by atoms with Crippen molar-refractivity contribution in [2.24, 2.45) is 0 Å². The first-order valence-corrected chi connectivity index (χ1v) is 4.99. The molecule has 0 N–H and O–H groups in total. The molecule has 0 saturated carbocycles. The summed E-state index contributed by atoms with van der Waals surface area (Å²) in [5.41, 5.74) is 1.11. The number of aromatic nitrogens is 1. The van der Waals surface area contributed by atoms with Crippen LogP contribution in [0.5, 0.6) is 0 Å². The Bertz CT molecular complexity index is 272. The summed E-state index contributed by atoms with van der Waals surface area (Å²) in [7, 11) is 0. The Morgan fingerprint density at radius 3 is 3.00 bits per heavy atom. The molecule has 0 saturated heterocycles. The molecule has 11 heavy (non-hydrogen) atoms. The number of fused-ring (bicyclic) bond motifs is 1. The van der Waals surface area contributed by atoms with Gasteiger partial charge in [-0.1, -0.05) is 23.2 Å². The van der Waals surface area contributed by atoms with Crippen LogP contribution in [0.1, 0.15) is 5.56 Å². The van der Waals surface area contributed by atoms with E-state index in [1.807, 2.05) is 0 Å². The summed E-state index contributed by atoms with van der Waals surface area (Å²) in [6, 6.07) is 0. The van der Waals surface area contributed by atoms with Gasteiger partial charge in [-0.15, -0.1) is 11.8 Å². The zero-order valence-electron chi connectivity index (χ0n) is 5.60. The maximum absolute atomic E-state index is 5.90. The first kappa shape index (κ1) is 7.71. The molecule has 0 amide bonds. The maximum atomic E-state index is 5.90. The number of pyridine rings is 1. The number of nitrogens with zero attached hydrogens (tertiary/aromatic N) is 1. The zero-order chi connectivity index (χ0) is 7.84. The van der Waals surface area contributed by atoms with E-state index in [-0.39, 0.29) is 0 Å². The molecular weight excluding hydrogens is 201 g/mol. The van der Waals surface area contributed by atoms with Crippen molar-refractivity contribution < 1.29 is 0 Å². The van der Waals surface area contributed by atoms with Gasteiger partial charge in [0.1, 0.15) is 5.15 Å². The predicted molar refractivity (Wildman–Crippen MR) is 48.7 cm³/mol. The van der Waals surface area contributed by atoms with Crippen molar-refractivity contribution in [3.05, 3.63) is 21.9 Å². The van der Waals surface area contributed by atoms with E-state index in [9.17, 15) is 0 Å². The van der Waals surface area contributed by atoms with E-state index in [1.54, 1.807) is 18.0 Å². The SMILES string of the molecule is Clc1cnc(Cl)c2c1SCC2. The molecule has 0 bridgehead atoms. The topological polar surface area (TPSA) is 12.9 Å². The number of halogens is 2. The fourth-order valence-corrected chi connectivity index (χ4v) is 2.81. The quantitative estimate of drug-likeness (QED) is 0.605. The van der Waals surface area contributed by atoms with Crippen LogP contribution in [0, 0.1) is 0 Å². The predicted octanol–water partition coefficient (Wildman–Crippen LogP) is 3.04. The summed E-state index contributed by atoms with van der Waals surface area (Å²) in [5, 5.41) is 1.33. The standard InChI is InChI=1S/C7H5Cl2NS/c8-5-3-10-7(9)4-1-2-11-6(4)5/h3H,1-2H2. The molecule has 0 spiro atoms. The molecule has 0 aromatic carbocycles. The van der Waals surface area contributed by atoms with Gasteiger partial charge < -0.3 is 0 Å². The molecule has 2 rings (SSSR count). The van der Waals surface area contributed by atoms with Crippen molar-refractivity contribution in [3.63, 3.8) is 0 Å². The Balaban J connectivity index is 2.64. The smallest absolute Gasteiger partial charge is 0.133 e. The number of thioether (sulfide) groups is 1. The second kappa shape index (κ2) is 2.85. The van der Waals surface area contributed by atoms with E-state index < -0.39 is 0 Å². The molecular formula is C7H5Cl2NS. The third-order valence-electron chi connectivity index (χ3n) is 1.63. The van der Waals surface area contributed by atoms with E-state index in [0.717, 1.165) is 27.7 Å². The Labute approximate surface area is 79.1 Å². The Kier molecular flexibility index (Phi) is 2.00.